The fraction of sp³-hybridized carbons (Fsp3) is 0.360. The normalized spacial score (nSPS) is 20.2. The summed E-state index contributed by atoms with van der Waals surface area (Å²) < 4.78 is 5.38. The van der Waals surface area contributed by atoms with E-state index in [4.69, 9.17) is 4.42 Å². The highest BCUT2D eigenvalue weighted by molar-refractivity contribution is 5.96. The van der Waals surface area contributed by atoms with Crippen LogP contribution >= 0.6 is 0 Å². The van der Waals surface area contributed by atoms with Crippen molar-refractivity contribution in [3.05, 3.63) is 76.6 Å². The van der Waals surface area contributed by atoms with Crippen molar-refractivity contribution < 1.29 is 9.21 Å². The molecule has 1 unspecified atom stereocenters. The summed E-state index contributed by atoms with van der Waals surface area (Å²) in [6.45, 7) is 5.30. The summed E-state index contributed by atoms with van der Waals surface area (Å²) in [4.78, 5) is 32.4. The van der Waals surface area contributed by atoms with Gasteiger partial charge in [0.2, 0.25) is 0 Å². The third kappa shape index (κ3) is 4.08. The zero-order valence-corrected chi connectivity index (χ0v) is 17.6. The van der Waals surface area contributed by atoms with Gasteiger partial charge in [-0.05, 0) is 37.1 Å². The Morgan fingerprint density at radius 2 is 1.65 bits per heavy atom. The zero-order chi connectivity index (χ0) is 21.2. The molecule has 2 aliphatic heterocycles. The number of rotatable bonds is 3. The molecule has 2 aliphatic rings. The quantitative estimate of drug-likeness (QED) is 0.613. The van der Waals surface area contributed by atoms with Gasteiger partial charge in [-0.25, -0.2) is 4.79 Å². The van der Waals surface area contributed by atoms with Crippen molar-refractivity contribution in [3.63, 3.8) is 0 Å². The number of hydrogen-bond donors (Lipinski definition) is 0. The Morgan fingerprint density at radius 3 is 2.45 bits per heavy atom. The van der Waals surface area contributed by atoms with E-state index < -0.39 is 5.63 Å². The van der Waals surface area contributed by atoms with E-state index in [0.717, 1.165) is 44.4 Å². The fourth-order valence-corrected chi connectivity index (χ4v) is 4.80. The number of nitrogens with zero attached hydrogens (tertiary/aromatic N) is 3. The van der Waals surface area contributed by atoms with E-state index in [1.165, 1.54) is 5.69 Å². The van der Waals surface area contributed by atoms with Gasteiger partial charge in [0.15, 0.2) is 0 Å². The minimum absolute atomic E-state index is 0.133. The van der Waals surface area contributed by atoms with Crippen LogP contribution < -0.4 is 10.5 Å². The summed E-state index contributed by atoms with van der Waals surface area (Å²) in [7, 11) is 0. The van der Waals surface area contributed by atoms with E-state index in [9.17, 15) is 9.59 Å². The van der Waals surface area contributed by atoms with Crippen molar-refractivity contribution >= 4 is 22.6 Å². The molecule has 6 heteroatoms. The van der Waals surface area contributed by atoms with Gasteiger partial charge in [-0.2, -0.15) is 0 Å². The van der Waals surface area contributed by atoms with Crippen LogP contribution in [0.3, 0.4) is 0 Å². The Balaban J connectivity index is 1.26. The van der Waals surface area contributed by atoms with Crippen LogP contribution in [0.1, 0.15) is 23.2 Å². The van der Waals surface area contributed by atoms with Crippen molar-refractivity contribution in [2.45, 2.75) is 18.9 Å². The van der Waals surface area contributed by atoms with E-state index in [1.54, 1.807) is 12.1 Å². The summed E-state index contributed by atoms with van der Waals surface area (Å²) in [6.07, 6.45) is 2.04. The van der Waals surface area contributed by atoms with E-state index >= 15 is 0 Å². The van der Waals surface area contributed by atoms with Crippen molar-refractivity contribution in [1.29, 1.82) is 0 Å². The molecule has 0 N–H and O–H groups in total. The highest BCUT2D eigenvalue weighted by Gasteiger charge is 2.31. The van der Waals surface area contributed by atoms with Gasteiger partial charge in [0.25, 0.3) is 5.91 Å². The van der Waals surface area contributed by atoms with Crippen molar-refractivity contribution in [3.8, 4) is 0 Å². The predicted molar refractivity (Wildman–Crippen MR) is 122 cm³/mol. The van der Waals surface area contributed by atoms with Crippen LogP contribution in [0, 0.1) is 0 Å². The fourth-order valence-electron chi connectivity index (χ4n) is 4.80. The lowest BCUT2D eigenvalue weighted by Gasteiger charge is -2.43. The number of anilines is 1. The lowest BCUT2D eigenvalue weighted by Crippen LogP contribution is -2.56. The van der Waals surface area contributed by atoms with Crippen LogP contribution in [0.5, 0.6) is 0 Å². The average Bonchev–Trinajstić information content (AvgIpc) is 2.84. The van der Waals surface area contributed by atoms with Crippen LogP contribution in [-0.4, -0.2) is 61.0 Å². The molecule has 0 bridgehead atoms. The number of piperidine rings is 1. The Morgan fingerprint density at radius 1 is 0.903 bits per heavy atom. The molecule has 6 nitrogen and oxygen atoms in total. The summed E-state index contributed by atoms with van der Waals surface area (Å²) in [5.41, 5.74) is 1.36. The molecule has 0 spiro atoms. The molecule has 0 saturated carbocycles. The second-order valence-corrected chi connectivity index (χ2v) is 8.39. The van der Waals surface area contributed by atoms with Crippen LogP contribution in [0.15, 0.2) is 69.9 Å². The summed E-state index contributed by atoms with van der Waals surface area (Å²) in [6, 6.07) is 19.8. The number of fused-ring (bicyclic) bond motifs is 1. The van der Waals surface area contributed by atoms with Gasteiger partial charge in [-0.1, -0.05) is 36.4 Å². The highest BCUT2D eigenvalue weighted by atomic mass is 16.4. The van der Waals surface area contributed by atoms with Crippen molar-refractivity contribution in [1.82, 2.24) is 9.80 Å². The number of likely N-dealkylation sites (tertiary alicyclic amines) is 1. The topological polar surface area (TPSA) is 57.0 Å². The largest absolute Gasteiger partial charge is 0.422 e. The number of amides is 1. The summed E-state index contributed by atoms with van der Waals surface area (Å²) >= 11 is 0. The zero-order valence-electron chi connectivity index (χ0n) is 17.6. The first-order valence-electron chi connectivity index (χ1n) is 11.1. The van der Waals surface area contributed by atoms with Crippen LogP contribution in [0.25, 0.3) is 11.0 Å². The van der Waals surface area contributed by atoms with Gasteiger partial charge in [0, 0.05) is 56.4 Å². The van der Waals surface area contributed by atoms with E-state index in [2.05, 4.69) is 34.1 Å². The van der Waals surface area contributed by atoms with E-state index in [1.807, 2.05) is 29.2 Å². The van der Waals surface area contributed by atoms with E-state index in [0.29, 0.717) is 24.7 Å². The average molecular weight is 418 g/mol. The Bertz CT molecular complexity index is 1120. The van der Waals surface area contributed by atoms with Crippen molar-refractivity contribution in [2.75, 3.05) is 44.2 Å². The van der Waals surface area contributed by atoms with Gasteiger partial charge in [-0.3, -0.25) is 9.69 Å². The second-order valence-electron chi connectivity index (χ2n) is 8.39. The number of hydrogen-bond acceptors (Lipinski definition) is 5. The van der Waals surface area contributed by atoms with Gasteiger partial charge in [0.05, 0.1) is 0 Å². The number of carbonyl (C=O) groups is 1. The first-order valence-corrected chi connectivity index (χ1v) is 11.1. The molecule has 1 amide bonds. The molecule has 160 valence electrons. The monoisotopic (exact) mass is 417 g/mol. The summed E-state index contributed by atoms with van der Waals surface area (Å²) in [5.74, 6) is -0.216. The molecule has 0 aliphatic carbocycles. The highest BCUT2D eigenvalue weighted by Crippen LogP contribution is 2.22. The minimum Gasteiger partial charge on any atom is -0.422 e. The molecular weight excluding hydrogens is 390 g/mol. The van der Waals surface area contributed by atoms with Gasteiger partial charge in [-0.15, -0.1) is 0 Å². The van der Waals surface area contributed by atoms with Gasteiger partial charge >= 0.3 is 5.63 Å². The molecular formula is C25H27N3O3. The smallest absolute Gasteiger partial charge is 0.349 e. The second kappa shape index (κ2) is 8.55. The Labute approximate surface area is 181 Å². The van der Waals surface area contributed by atoms with Crippen LogP contribution in [0.4, 0.5) is 5.69 Å². The molecule has 2 fully saturated rings. The molecule has 0 radical (unpaired) electrons. The molecule has 3 heterocycles. The summed E-state index contributed by atoms with van der Waals surface area (Å²) in [5, 5.41) is 0.774. The number of piperazine rings is 1. The van der Waals surface area contributed by atoms with Crippen molar-refractivity contribution in [2.24, 2.45) is 0 Å². The maximum absolute atomic E-state index is 13.2. The minimum atomic E-state index is -0.553. The standard InChI is InChI=1S/C25H27N3O3/c29-24(22-17-19-7-4-5-11-23(19)31-25(22)30)28-12-6-10-21(18-28)27-15-13-26(14-16-27)20-8-2-1-3-9-20/h1-5,7-9,11,17,21H,6,10,12-16,18H2. The van der Waals surface area contributed by atoms with Gasteiger partial charge < -0.3 is 14.2 Å². The Kier molecular flexibility index (Phi) is 5.47. The SMILES string of the molecule is O=C(c1cc2ccccc2oc1=O)N1CCCC(N2CCN(c3ccccc3)CC2)C1. The Hall–Kier alpha value is -3.12. The molecule has 2 aromatic carbocycles. The van der Waals surface area contributed by atoms with Crippen LogP contribution in [-0.2, 0) is 0 Å². The predicted octanol–water partition coefficient (Wildman–Crippen LogP) is 3.22. The van der Waals surface area contributed by atoms with Crippen LogP contribution in [0.2, 0.25) is 0 Å². The lowest BCUT2D eigenvalue weighted by atomic mass is 10.0. The first kappa shape index (κ1) is 19.8. The molecule has 1 atom stereocenters. The lowest BCUT2D eigenvalue weighted by molar-refractivity contribution is 0.0560. The maximum Gasteiger partial charge on any atom is 0.349 e. The molecule has 5 rings (SSSR count). The molecule has 2 saturated heterocycles. The third-order valence-electron chi connectivity index (χ3n) is 6.51. The first-order chi connectivity index (χ1) is 15.2. The molecule has 3 aromatic rings. The van der Waals surface area contributed by atoms with E-state index in [-0.39, 0.29) is 11.5 Å². The number of benzene rings is 2. The number of carbonyl (C=O) groups excluding carboxylic acids is 1. The molecule has 1 aromatic heterocycles. The maximum atomic E-state index is 13.2. The third-order valence-corrected chi connectivity index (χ3v) is 6.51. The number of para-hydroxylation sites is 2. The van der Waals surface area contributed by atoms with Gasteiger partial charge in [0.1, 0.15) is 11.1 Å². The molecule has 31 heavy (non-hydrogen) atoms.